The highest BCUT2D eigenvalue weighted by molar-refractivity contribution is 9.10. The van der Waals surface area contributed by atoms with Crippen LogP contribution in [0.25, 0.3) is 0 Å². The van der Waals surface area contributed by atoms with Crippen molar-refractivity contribution in [3.63, 3.8) is 0 Å². The van der Waals surface area contributed by atoms with Gasteiger partial charge in [0, 0.05) is 22.9 Å². The molecule has 0 aliphatic carbocycles. The lowest BCUT2D eigenvalue weighted by atomic mass is 9.84. The first-order valence-electron chi connectivity index (χ1n) is 6.60. The maximum absolute atomic E-state index is 10.4. The first-order chi connectivity index (χ1) is 8.92. The molecule has 0 radical (unpaired) electrons. The molecule has 3 nitrogen and oxygen atoms in total. The third kappa shape index (κ3) is 6.21. The zero-order valence-corrected chi connectivity index (χ0v) is 13.2. The topological polar surface area (TPSA) is 49.3 Å². The number of halogens is 1. The van der Waals surface area contributed by atoms with E-state index in [1.54, 1.807) is 0 Å². The van der Waals surface area contributed by atoms with Gasteiger partial charge in [0.1, 0.15) is 0 Å². The van der Waals surface area contributed by atoms with Crippen LogP contribution in [0.2, 0.25) is 0 Å². The van der Waals surface area contributed by atoms with Gasteiger partial charge in [0.15, 0.2) is 0 Å². The van der Waals surface area contributed by atoms with Gasteiger partial charge in [0.2, 0.25) is 0 Å². The third-order valence-corrected chi connectivity index (χ3v) is 3.66. The van der Waals surface area contributed by atoms with Crippen LogP contribution in [0.1, 0.15) is 38.7 Å². The fraction of sp³-hybridized carbons (Fsp3) is 0.533. The molecule has 0 bridgehead atoms. The molecule has 1 aromatic rings. The number of nitrogens with one attached hydrogen (secondary N) is 1. The van der Waals surface area contributed by atoms with Gasteiger partial charge in [-0.2, -0.15) is 0 Å². The standard InChI is InChI=1S/C15H22BrNO2/c1-15(2,12-6-5-7-13(16)10-12)11-17-9-4-3-8-14(18)19/h5-7,10,17H,3-4,8-9,11H2,1-2H3,(H,18,19). The third-order valence-electron chi connectivity index (χ3n) is 3.17. The van der Waals surface area contributed by atoms with E-state index in [2.05, 4.69) is 47.2 Å². The van der Waals surface area contributed by atoms with Crippen LogP contribution in [0.4, 0.5) is 0 Å². The van der Waals surface area contributed by atoms with Crippen LogP contribution in [0.3, 0.4) is 0 Å². The Morgan fingerprint density at radius 1 is 1.37 bits per heavy atom. The van der Waals surface area contributed by atoms with E-state index in [0.717, 1.165) is 30.4 Å². The first-order valence-corrected chi connectivity index (χ1v) is 7.40. The molecule has 1 rings (SSSR count). The van der Waals surface area contributed by atoms with Crippen molar-refractivity contribution < 1.29 is 9.90 Å². The summed E-state index contributed by atoms with van der Waals surface area (Å²) < 4.78 is 1.10. The molecule has 0 aliphatic rings. The Hall–Kier alpha value is -0.870. The van der Waals surface area contributed by atoms with Gasteiger partial charge in [0.25, 0.3) is 0 Å². The van der Waals surface area contributed by atoms with Crippen LogP contribution in [-0.4, -0.2) is 24.2 Å². The fourth-order valence-electron chi connectivity index (χ4n) is 1.94. The highest BCUT2D eigenvalue weighted by Gasteiger charge is 2.19. The van der Waals surface area contributed by atoms with Crippen molar-refractivity contribution in [1.29, 1.82) is 0 Å². The second-order valence-corrected chi connectivity index (χ2v) is 6.34. The average molecular weight is 328 g/mol. The van der Waals surface area contributed by atoms with E-state index in [0.29, 0.717) is 0 Å². The van der Waals surface area contributed by atoms with E-state index in [1.165, 1.54) is 5.56 Å². The van der Waals surface area contributed by atoms with E-state index >= 15 is 0 Å². The highest BCUT2D eigenvalue weighted by atomic mass is 79.9. The number of hydrogen-bond acceptors (Lipinski definition) is 2. The maximum atomic E-state index is 10.4. The largest absolute Gasteiger partial charge is 0.481 e. The Labute approximate surface area is 123 Å². The van der Waals surface area contributed by atoms with Crippen molar-refractivity contribution in [3.8, 4) is 0 Å². The van der Waals surface area contributed by atoms with Crippen LogP contribution in [0.5, 0.6) is 0 Å². The summed E-state index contributed by atoms with van der Waals surface area (Å²) in [7, 11) is 0. The van der Waals surface area contributed by atoms with Crippen molar-refractivity contribution in [2.75, 3.05) is 13.1 Å². The molecule has 0 aromatic heterocycles. The molecule has 0 fully saturated rings. The second-order valence-electron chi connectivity index (χ2n) is 5.42. The van der Waals surface area contributed by atoms with E-state index in [-0.39, 0.29) is 11.8 Å². The lowest BCUT2D eigenvalue weighted by molar-refractivity contribution is -0.137. The van der Waals surface area contributed by atoms with Crippen molar-refractivity contribution >= 4 is 21.9 Å². The number of hydrogen-bond donors (Lipinski definition) is 2. The van der Waals surface area contributed by atoms with Gasteiger partial charge in [-0.15, -0.1) is 0 Å². The summed E-state index contributed by atoms with van der Waals surface area (Å²) in [5.41, 5.74) is 1.36. The van der Waals surface area contributed by atoms with Crippen LogP contribution < -0.4 is 5.32 Å². The maximum Gasteiger partial charge on any atom is 0.303 e. The molecule has 2 N–H and O–H groups in total. The molecule has 0 saturated carbocycles. The van der Waals surface area contributed by atoms with Gasteiger partial charge in [-0.3, -0.25) is 4.79 Å². The summed E-state index contributed by atoms with van der Waals surface area (Å²) in [6.07, 6.45) is 1.90. The van der Waals surface area contributed by atoms with Crippen LogP contribution in [-0.2, 0) is 10.2 Å². The van der Waals surface area contributed by atoms with Crippen LogP contribution >= 0.6 is 15.9 Å². The van der Waals surface area contributed by atoms with E-state index in [1.807, 2.05) is 12.1 Å². The Morgan fingerprint density at radius 3 is 2.74 bits per heavy atom. The molecule has 0 amide bonds. The summed E-state index contributed by atoms with van der Waals surface area (Å²) >= 11 is 3.49. The minimum Gasteiger partial charge on any atom is -0.481 e. The summed E-state index contributed by atoms with van der Waals surface area (Å²) in [6.45, 7) is 6.17. The number of aliphatic carboxylic acids is 1. The first kappa shape index (κ1) is 16.2. The van der Waals surface area contributed by atoms with Gasteiger partial charge >= 0.3 is 5.97 Å². The van der Waals surface area contributed by atoms with Crippen molar-refractivity contribution in [3.05, 3.63) is 34.3 Å². The molecule has 0 aliphatic heterocycles. The Bertz CT molecular complexity index is 418. The second kappa shape index (κ2) is 7.65. The fourth-order valence-corrected chi connectivity index (χ4v) is 2.34. The predicted molar refractivity (Wildman–Crippen MR) is 81.5 cm³/mol. The summed E-state index contributed by atoms with van der Waals surface area (Å²) in [4.78, 5) is 10.4. The van der Waals surface area contributed by atoms with Gasteiger partial charge in [-0.1, -0.05) is 41.9 Å². The quantitative estimate of drug-likeness (QED) is 0.717. The normalized spacial score (nSPS) is 11.5. The minimum absolute atomic E-state index is 0.0660. The molecule has 1 aromatic carbocycles. The van der Waals surface area contributed by atoms with E-state index in [4.69, 9.17) is 5.11 Å². The van der Waals surface area contributed by atoms with Crippen molar-refractivity contribution in [2.45, 2.75) is 38.5 Å². The molecule has 19 heavy (non-hydrogen) atoms. The van der Waals surface area contributed by atoms with Crippen molar-refractivity contribution in [1.82, 2.24) is 5.32 Å². The minimum atomic E-state index is -0.713. The molecule has 0 unspecified atom stereocenters. The Morgan fingerprint density at radius 2 is 2.11 bits per heavy atom. The molecular weight excluding hydrogens is 306 g/mol. The van der Waals surface area contributed by atoms with Crippen molar-refractivity contribution in [2.24, 2.45) is 0 Å². The van der Waals surface area contributed by atoms with Gasteiger partial charge in [0.05, 0.1) is 0 Å². The lowest BCUT2D eigenvalue weighted by Gasteiger charge is -2.26. The van der Waals surface area contributed by atoms with Crippen LogP contribution in [0.15, 0.2) is 28.7 Å². The van der Waals surface area contributed by atoms with Crippen LogP contribution in [0, 0.1) is 0 Å². The monoisotopic (exact) mass is 327 g/mol. The van der Waals surface area contributed by atoms with Gasteiger partial charge in [-0.25, -0.2) is 0 Å². The Kier molecular flexibility index (Phi) is 6.52. The molecule has 0 spiro atoms. The number of unbranched alkanes of at least 4 members (excludes halogenated alkanes) is 1. The summed E-state index contributed by atoms with van der Waals surface area (Å²) in [6, 6.07) is 8.36. The SMILES string of the molecule is CC(C)(CNCCCCC(=O)O)c1cccc(Br)c1. The average Bonchev–Trinajstić information content (AvgIpc) is 2.33. The number of carboxylic acid groups (broad SMARTS) is 1. The Balaban J connectivity index is 2.33. The molecule has 0 atom stereocenters. The smallest absolute Gasteiger partial charge is 0.303 e. The van der Waals surface area contributed by atoms with E-state index < -0.39 is 5.97 Å². The molecule has 4 heteroatoms. The predicted octanol–water partition coefficient (Wildman–Crippen LogP) is 3.57. The number of rotatable bonds is 8. The zero-order valence-electron chi connectivity index (χ0n) is 11.6. The molecule has 0 saturated heterocycles. The van der Waals surface area contributed by atoms with E-state index in [9.17, 15) is 4.79 Å². The zero-order chi connectivity index (χ0) is 14.3. The highest BCUT2D eigenvalue weighted by Crippen LogP contribution is 2.24. The lowest BCUT2D eigenvalue weighted by Crippen LogP contribution is -2.33. The summed E-state index contributed by atoms with van der Waals surface area (Å²) in [5.74, 6) is -0.713. The van der Waals surface area contributed by atoms with Gasteiger partial charge in [-0.05, 0) is 37.1 Å². The number of benzene rings is 1. The number of carboxylic acids is 1. The molecular formula is C15H22BrNO2. The summed E-state index contributed by atoms with van der Waals surface area (Å²) in [5, 5.41) is 12.0. The van der Waals surface area contributed by atoms with Gasteiger partial charge < -0.3 is 10.4 Å². The molecule has 0 heterocycles. The number of carbonyl (C=O) groups is 1. The molecule has 106 valence electrons.